The molecule has 5 nitrogen and oxygen atoms in total. The molecule has 0 saturated heterocycles. The predicted molar refractivity (Wildman–Crippen MR) is 80.3 cm³/mol. The van der Waals surface area contributed by atoms with Gasteiger partial charge in [-0.15, -0.1) is 0 Å². The molecule has 0 aromatic carbocycles. The summed E-state index contributed by atoms with van der Waals surface area (Å²) in [4.78, 5) is 0. The van der Waals surface area contributed by atoms with E-state index in [1.54, 1.807) is 12.1 Å². The van der Waals surface area contributed by atoms with Gasteiger partial charge in [-0.05, 0) is 50.7 Å². The fourth-order valence-corrected chi connectivity index (χ4v) is 4.25. The third-order valence-corrected chi connectivity index (χ3v) is 5.92. The predicted octanol–water partition coefficient (Wildman–Crippen LogP) is 2.39. The van der Waals surface area contributed by atoms with Crippen LogP contribution in [0.15, 0.2) is 21.6 Å². The largest absolute Gasteiger partial charge is 0.447 e. The van der Waals surface area contributed by atoms with Gasteiger partial charge >= 0.3 is 0 Å². The number of sulfonamides is 1. The highest BCUT2D eigenvalue weighted by Crippen LogP contribution is 2.28. The molecule has 2 aliphatic rings. The van der Waals surface area contributed by atoms with E-state index in [-0.39, 0.29) is 11.1 Å². The lowest BCUT2D eigenvalue weighted by atomic mass is 10.0. The van der Waals surface area contributed by atoms with Crippen LogP contribution in [-0.2, 0) is 16.6 Å². The summed E-state index contributed by atoms with van der Waals surface area (Å²) < 4.78 is 32.9. The van der Waals surface area contributed by atoms with Gasteiger partial charge in [-0.25, -0.2) is 13.1 Å². The van der Waals surface area contributed by atoms with Gasteiger partial charge in [-0.1, -0.05) is 12.8 Å². The molecule has 1 heterocycles. The molecule has 2 fully saturated rings. The number of furan rings is 1. The van der Waals surface area contributed by atoms with Crippen molar-refractivity contribution in [3.63, 3.8) is 0 Å². The van der Waals surface area contributed by atoms with Crippen LogP contribution < -0.4 is 10.0 Å². The Bertz CT molecular complexity index is 571. The molecule has 0 bridgehead atoms. The normalized spacial score (nSPS) is 21.8. The molecule has 2 aliphatic carbocycles. The Hall–Kier alpha value is -0.850. The molecule has 1 aromatic heterocycles. The Morgan fingerprint density at radius 2 is 1.95 bits per heavy atom. The first-order valence-corrected chi connectivity index (χ1v) is 9.37. The van der Waals surface area contributed by atoms with E-state index in [1.165, 1.54) is 25.7 Å². The van der Waals surface area contributed by atoms with Gasteiger partial charge in [-0.3, -0.25) is 0 Å². The number of rotatable bonds is 7. The molecule has 3 rings (SSSR count). The molecule has 1 aromatic rings. The first-order chi connectivity index (χ1) is 10.0. The Morgan fingerprint density at radius 3 is 2.62 bits per heavy atom. The van der Waals surface area contributed by atoms with Crippen LogP contribution in [-0.4, -0.2) is 20.5 Å². The molecule has 0 amide bonds. The van der Waals surface area contributed by atoms with Crippen LogP contribution in [0.25, 0.3) is 0 Å². The average Bonchev–Trinajstić information content (AvgIpc) is 2.96. The van der Waals surface area contributed by atoms with E-state index in [4.69, 9.17) is 4.42 Å². The van der Waals surface area contributed by atoms with Crippen LogP contribution in [0.1, 0.15) is 51.2 Å². The van der Waals surface area contributed by atoms with Gasteiger partial charge in [0.1, 0.15) is 5.76 Å². The van der Waals surface area contributed by atoms with Gasteiger partial charge in [0.15, 0.2) is 0 Å². The zero-order chi connectivity index (χ0) is 14.9. The van der Waals surface area contributed by atoms with Gasteiger partial charge in [0, 0.05) is 12.1 Å². The SMILES string of the molecule is CC(NS(=O)(=O)c1ccc(CNC2CC2)o1)C1CCCC1. The summed E-state index contributed by atoms with van der Waals surface area (Å²) in [6.07, 6.45) is 7.03. The van der Waals surface area contributed by atoms with Gasteiger partial charge < -0.3 is 9.73 Å². The van der Waals surface area contributed by atoms with Crippen molar-refractivity contribution in [2.24, 2.45) is 5.92 Å². The maximum Gasteiger partial charge on any atom is 0.274 e. The van der Waals surface area contributed by atoms with Crippen molar-refractivity contribution >= 4 is 10.0 Å². The number of hydrogen-bond donors (Lipinski definition) is 2. The van der Waals surface area contributed by atoms with E-state index in [0.717, 1.165) is 12.8 Å². The minimum atomic E-state index is -3.54. The van der Waals surface area contributed by atoms with Gasteiger partial charge in [-0.2, -0.15) is 0 Å². The van der Waals surface area contributed by atoms with Crippen LogP contribution in [0.3, 0.4) is 0 Å². The van der Waals surface area contributed by atoms with E-state index < -0.39 is 10.0 Å². The third-order valence-electron chi connectivity index (χ3n) is 4.49. The number of hydrogen-bond acceptors (Lipinski definition) is 4. The molecule has 21 heavy (non-hydrogen) atoms. The smallest absolute Gasteiger partial charge is 0.274 e. The molecule has 0 spiro atoms. The molecule has 118 valence electrons. The summed E-state index contributed by atoms with van der Waals surface area (Å²) in [6.45, 7) is 2.55. The molecule has 2 saturated carbocycles. The lowest BCUT2D eigenvalue weighted by Crippen LogP contribution is -2.37. The molecule has 6 heteroatoms. The van der Waals surface area contributed by atoms with Gasteiger partial charge in [0.05, 0.1) is 6.54 Å². The van der Waals surface area contributed by atoms with Crippen LogP contribution in [0.5, 0.6) is 0 Å². The fourth-order valence-electron chi connectivity index (χ4n) is 2.99. The highest BCUT2D eigenvalue weighted by molar-refractivity contribution is 7.89. The summed E-state index contributed by atoms with van der Waals surface area (Å²) in [6, 6.07) is 3.84. The van der Waals surface area contributed by atoms with Gasteiger partial charge in [0.2, 0.25) is 5.09 Å². The third kappa shape index (κ3) is 3.87. The first-order valence-electron chi connectivity index (χ1n) is 7.89. The van der Waals surface area contributed by atoms with Crippen molar-refractivity contribution in [2.45, 2.75) is 69.2 Å². The van der Waals surface area contributed by atoms with Crippen molar-refractivity contribution in [1.29, 1.82) is 0 Å². The Morgan fingerprint density at radius 1 is 1.24 bits per heavy atom. The molecule has 1 atom stereocenters. The van der Waals surface area contributed by atoms with E-state index >= 15 is 0 Å². The summed E-state index contributed by atoms with van der Waals surface area (Å²) in [5, 5.41) is 3.34. The van der Waals surface area contributed by atoms with Crippen molar-refractivity contribution in [2.75, 3.05) is 0 Å². The van der Waals surface area contributed by atoms with Crippen molar-refractivity contribution < 1.29 is 12.8 Å². The zero-order valence-electron chi connectivity index (χ0n) is 12.5. The summed E-state index contributed by atoms with van der Waals surface area (Å²) >= 11 is 0. The highest BCUT2D eigenvalue weighted by atomic mass is 32.2. The topological polar surface area (TPSA) is 71.3 Å². The van der Waals surface area contributed by atoms with Crippen LogP contribution in [0, 0.1) is 5.92 Å². The van der Waals surface area contributed by atoms with E-state index in [9.17, 15) is 8.42 Å². The second kappa shape index (κ2) is 6.10. The Kier molecular flexibility index (Phi) is 4.38. The van der Waals surface area contributed by atoms with Gasteiger partial charge in [0.25, 0.3) is 10.0 Å². The quantitative estimate of drug-likeness (QED) is 0.811. The first kappa shape index (κ1) is 15.1. The Balaban J connectivity index is 1.60. The molecule has 1 unspecified atom stereocenters. The fraction of sp³-hybridized carbons (Fsp3) is 0.733. The summed E-state index contributed by atoms with van der Waals surface area (Å²) in [5.74, 6) is 1.13. The maximum atomic E-state index is 12.3. The van der Waals surface area contributed by atoms with Crippen molar-refractivity contribution in [3.05, 3.63) is 17.9 Å². The summed E-state index contributed by atoms with van der Waals surface area (Å²) in [5.41, 5.74) is 0. The molecule has 2 N–H and O–H groups in total. The average molecular weight is 312 g/mol. The Labute approximate surface area is 126 Å². The van der Waals surface area contributed by atoms with Crippen LogP contribution in [0.4, 0.5) is 0 Å². The van der Waals surface area contributed by atoms with Crippen molar-refractivity contribution in [3.8, 4) is 0 Å². The molecule has 0 radical (unpaired) electrons. The minimum Gasteiger partial charge on any atom is -0.447 e. The van der Waals surface area contributed by atoms with E-state index in [0.29, 0.717) is 24.3 Å². The van der Waals surface area contributed by atoms with E-state index in [2.05, 4.69) is 10.0 Å². The second-order valence-corrected chi connectivity index (χ2v) is 7.98. The monoisotopic (exact) mass is 312 g/mol. The van der Waals surface area contributed by atoms with E-state index in [1.807, 2.05) is 6.92 Å². The zero-order valence-corrected chi connectivity index (χ0v) is 13.3. The van der Waals surface area contributed by atoms with Crippen LogP contribution >= 0.6 is 0 Å². The minimum absolute atomic E-state index is 0.0277. The molecule has 0 aliphatic heterocycles. The highest BCUT2D eigenvalue weighted by Gasteiger charge is 2.28. The van der Waals surface area contributed by atoms with Crippen molar-refractivity contribution in [1.82, 2.24) is 10.0 Å². The maximum absolute atomic E-state index is 12.3. The lowest BCUT2D eigenvalue weighted by molar-refractivity contribution is 0.386. The molecular weight excluding hydrogens is 288 g/mol. The standard InChI is InChI=1S/C15H24N2O3S/c1-11(12-4-2-3-5-12)17-21(18,19)15-9-8-14(20-15)10-16-13-6-7-13/h8-9,11-13,16-17H,2-7,10H2,1H3. The lowest BCUT2D eigenvalue weighted by Gasteiger charge is -2.19. The summed E-state index contributed by atoms with van der Waals surface area (Å²) in [7, 11) is -3.54. The molecular formula is C15H24N2O3S. The van der Waals surface area contributed by atoms with Crippen LogP contribution in [0.2, 0.25) is 0 Å². The number of nitrogens with one attached hydrogen (secondary N) is 2. The second-order valence-electron chi connectivity index (χ2n) is 6.33.